The van der Waals surface area contributed by atoms with Crippen LogP contribution in [-0.2, 0) is 6.42 Å². The van der Waals surface area contributed by atoms with Crippen molar-refractivity contribution in [3.8, 4) is 17.2 Å². The monoisotopic (exact) mass is 358 g/mol. The van der Waals surface area contributed by atoms with E-state index < -0.39 is 0 Å². The highest BCUT2D eigenvalue weighted by Crippen LogP contribution is 2.18. The van der Waals surface area contributed by atoms with Gasteiger partial charge in [0.1, 0.15) is 23.9 Å². The standard InChI is InChI=1S/C20H26N2O4/c1-3-25-17-8-10-18(11-9-17)26-15-14-22-20(23)21-13-12-16-6-4-5-7-19(16)24-2/h4-11H,3,12-15H2,1-2H3,(H2,21,22,23). The molecule has 0 radical (unpaired) electrons. The van der Waals surface area contributed by atoms with Crippen molar-refractivity contribution in [1.82, 2.24) is 10.6 Å². The van der Waals surface area contributed by atoms with Crippen molar-refractivity contribution in [2.45, 2.75) is 13.3 Å². The smallest absolute Gasteiger partial charge is 0.314 e. The molecular formula is C20H26N2O4. The van der Waals surface area contributed by atoms with E-state index in [1.807, 2.05) is 55.5 Å². The summed E-state index contributed by atoms with van der Waals surface area (Å²) >= 11 is 0. The van der Waals surface area contributed by atoms with Gasteiger partial charge in [-0.15, -0.1) is 0 Å². The van der Waals surface area contributed by atoms with Gasteiger partial charge in [0.05, 0.1) is 20.3 Å². The second-order valence-corrected chi connectivity index (χ2v) is 5.50. The predicted molar refractivity (Wildman–Crippen MR) is 101 cm³/mol. The number of rotatable bonds is 10. The number of nitrogens with one attached hydrogen (secondary N) is 2. The zero-order chi connectivity index (χ0) is 18.6. The average molecular weight is 358 g/mol. The molecule has 0 aliphatic heterocycles. The minimum Gasteiger partial charge on any atom is -0.496 e. The highest BCUT2D eigenvalue weighted by Gasteiger charge is 2.03. The molecule has 0 saturated heterocycles. The van der Waals surface area contributed by atoms with Crippen LogP contribution in [0.1, 0.15) is 12.5 Å². The summed E-state index contributed by atoms with van der Waals surface area (Å²) in [4.78, 5) is 11.8. The molecule has 0 bridgehead atoms. The molecule has 140 valence electrons. The van der Waals surface area contributed by atoms with Crippen LogP contribution >= 0.6 is 0 Å². The first-order valence-corrected chi connectivity index (χ1v) is 8.72. The maximum atomic E-state index is 11.8. The van der Waals surface area contributed by atoms with Crippen molar-refractivity contribution >= 4 is 6.03 Å². The van der Waals surface area contributed by atoms with Gasteiger partial charge in [0.25, 0.3) is 0 Å². The Hall–Kier alpha value is -2.89. The first-order chi connectivity index (χ1) is 12.7. The van der Waals surface area contributed by atoms with Gasteiger partial charge in [-0.2, -0.15) is 0 Å². The molecule has 2 aromatic carbocycles. The fraction of sp³-hybridized carbons (Fsp3) is 0.350. The average Bonchev–Trinajstić information content (AvgIpc) is 2.67. The molecule has 0 spiro atoms. The second kappa shape index (κ2) is 10.9. The van der Waals surface area contributed by atoms with E-state index in [9.17, 15) is 4.79 Å². The summed E-state index contributed by atoms with van der Waals surface area (Å²) in [7, 11) is 1.64. The minimum absolute atomic E-state index is 0.213. The van der Waals surface area contributed by atoms with Crippen LogP contribution in [0.2, 0.25) is 0 Å². The molecule has 0 aliphatic rings. The van der Waals surface area contributed by atoms with E-state index in [1.54, 1.807) is 7.11 Å². The summed E-state index contributed by atoms with van der Waals surface area (Å²) in [5, 5.41) is 5.59. The number of hydrogen-bond donors (Lipinski definition) is 2. The van der Waals surface area contributed by atoms with E-state index >= 15 is 0 Å². The Morgan fingerprint density at radius 1 is 0.923 bits per heavy atom. The number of urea groups is 1. The Morgan fingerprint density at radius 2 is 1.58 bits per heavy atom. The maximum absolute atomic E-state index is 11.8. The zero-order valence-electron chi connectivity index (χ0n) is 15.3. The number of hydrogen-bond acceptors (Lipinski definition) is 4. The topological polar surface area (TPSA) is 68.8 Å². The number of carbonyl (C=O) groups excluding carboxylic acids is 1. The van der Waals surface area contributed by atoms with Crippen LogP contribution in [0.3, 0.4) is 0 Å². The van der Waals surface area contributed by atoms with E-state index in [0.29, 0.717) is 32.7 Å². The van der Waals surface area contributed by atoms with Gasteiger partial charge in [0.2, 0.25) is 0 Å². The molecule has 26 heavy (non-hydrogen) atoms. The number of carbonyl (C=O) groups is 1. The lowest BCUT2D eigenvalue weighted by atomic mass is 10.1. The molecule has 6 heteroatoms. The SMILES string of the molecule is CCOc1ccc(OCCNC(=O)NCCc2ccccc2OC)cc1. The van der Waals surface area contributed by atoms with Crippen molar-refractivity contribution in [2.24, 2.45) is 0 Å². The van der Waals surface area contributed by atoms with Crippen molar-refractivity contribution in [2.75, 3.05) is 33.4 Å². The molecule has 2 amide bonds. The highest BCUT2D eigenvalue weighted by molar-refractivity contribution is 5.73. The largest absolute Gasteiger partial charge is 0.496 e. The minimum atomic E-state index is -0.213. The van der Waals surface area contributed by atoms with Gasteiger partial charge < -0.3 is 24.8 Å². The molecule has 2 rings (SSSR count). The normalized spacial score (nSPS) is 10.1. The lowest BCUT2D eigenvalue weighted by Gasteiger charge is -2.11. The quantitative estimate of drug-likeness (QED) is 0.641. The molecule has 0 aliphatic carbocycles. The fourth-order valence-corrected chi connectivity index (χ4v) is 2.41. The maximum Gasteiger partial charge on any atom is 0.314 e. The number of para-hydroxylation sites is 1. The van der Waals surface area contributed by atoms with Gasteiger partial charge in [-0.1, -0.05) is 18.2 Å². The molecule has 0 unspecified atom stereocenters. The molecule has 0 atom stereocenters. The summed E-state index contributed by atoms with van der Waals surface area (Å²) < 4.78 is 16.2. The fourth-order valence-electron chi connectivity index (χ4n) is 2.41. The molecule has 2 aromatic rings. The lowest BCUT2D eigenvalue weighted by Crippen LogP contribution is -2.38. The van der Waals surface area contributed by atoms with Gasteiger partial charge >= 0.3 is 6.03 Å². The van der Waals surface area contributed by atoms with Crippen molar-refractivity contribution in [1.29, 1.82) is 0 Å². The third-order valence-electron chi connectivity index (χ3n) is 3.66. The summed E-state index contributed by atoms with van der Waals surface area (Å²) in [5.41, 5.74) is 1.06. The van der Waals surface area contributed by atoms with Gasteiger partial charge in [-0.3, -0.25) is 0 Å². The van der Waals surface area contributed by atoms with Crippen molar-refractivity contribution in [3.63, 3.8) is 0 Å². The Morgan fingerprint density at radius 3 is 2.27 bits per heavy atom. The molecule has 0 fully saturated rings. The van der Waals surface area contributed by atoms with E-state index in [4.69, 9.17) is 14.2 Å². The van der Waals surface area contributed by atoms with Gasteiger partial charge in [0, 0.05) is 6.54 Å². The van der Waals surface area contributed by atoms with Gasteiger partial charge in [0.15, 0.2) is 0 Å². The Balaban J connectivity index is 1.60. The summed E-state index contributed by atoms with van der Waals surface area (Å²) in [6.07, 6.45) is 0.708. The van der Waals surface area contributed by atoms with Crippen LogP contribution in [0.25, 0.3) is 0 Å². The number of benzene rings is 2. The van der Waals surface area contributed by atoms with Crippen LogP contribution < -0.4 is 24.8 Å². The molecule has 0 heterocycles. The predicted octanol–water partition coefficient (Wildman–Crippen LogP) is 3.01. The molecule has 0 aromatic heterocycles. The third-order valence-corrected chi connectivity index (χ3v) is 3.66. The van der Waals surface area contributed by atoms with Crippen LogP contribution in [0, 0.1) is 0 Å². The Labute approximate surface area is 154 Å². The van der Waals surface area contributed by atoms with Gasteiger partial charge in [-0.25, -0.2) is 4.79 Å². The first kappa shape index (κ1) is 19.4. The van der Waals surface area contributed by atoms with E-state index in [1.165, 1.54) is 0 Å². The summed E-state index contributed by atoms with van der Waals surface area (Å²) in [6.45, 7) is 3.93. The Bertz CT molecular complexity index is 674. The number of ether oxygens (including phenoxy) is 3. The zero-order valence-corrected chi connectivity index (χ0v) is 15.3. The molecule has 2 N–H and O–H groups in total. The van der Waals surface area contributed by atoms with Crippen molar-refractivity contribution in [3.05, 3.63) is 54.1 Å². The summed E-state index contributed by atoms with van der Waals surface area (Å²) in [6, 6.07) is 15.0. The van der Waals surface area contributed by atoms with Crippen molar-refractivity contribution < 1.29 is 19.0 Å². The van der Waals surface area contributed by atoms with Gasteiger partial charge in [-0.05, 0) is 49.2 Å². The van der Waals surface area contributed by atoms with Crippen LogP contribution in [-0.4, -0.2) is 39.4 Å². The lowest BCUT2D eigenvalue weighted by molar-refractivity contribution is 0.236. The van der Waals surface area contributed by atoms with E-state index in [-0.39, 0.29) is 6.03 Å². The number of amides is 2. The van der Waals surface area contributed by atoms with Crippen LogP contribution in [0.4, 0.5) is 4.79 Å². The van der Waals surface area contributed by atoms with E-state index in [0.717, 1.165) is 22.8 Å². The number of methoxy groups -OCH3 is 1. The molecule has 6 nitrogen and oxygen atoms in total. The first-order valence-electron chi connectivity index (χ1n) is 8.72. The van der Waals surface area contributed by atoms with Crippen LogP contribution in [0.15, 0.2) is 48.5 Å². The Kier molecular flexibility index (Phi) is 8.12. The molecular weight excluding hydrogens is 332 g/mol. The third kappa shape index (κ3) is 6.55. The highest BCUT2D eigenvalue weighted by atomic mass is 16.5. The van der Waals surface area contributed by atoms with Crippen LogP contribution in [0.5, 0.6) is 17.2 Å². The summed E-state index contributed by atoms with van der Waals surface area (Å²) in [5.74, 6) is 2.39. The van der Waals surface area contributed by atoms with E-state index in [2.05, 4.69) is 10.6 Å². The second-order valence-electron chi connectivity index (χ2n) is 5.50. The molecule has 0 saturated carbocycles.